The molecule has 0 radical (unpaired) electrons. The maximum absolute atomic E-state index is 9.33. The van der Waals surface area contributed by atoms with Crippen molar-refractivity contribution < 1.29 is 5.11 Å². The Morgan fingerprint density at radius 2 is 2.10 bits per heavy atom. The van der Waals surface area contributed by atoms with Crippen molar-refractivity contribution in [3.05, 3.63) is 29.8 Å². The molecule has 3 rings (SSSR count). The molecule has 3 nitrogen and oxygen atoms in total. The number of likely N-dealkylation sites (tertiary alicyclic amines) is 1. The van der Waals surface area contributed by atoms with E-state index in [0.717, 1.165) is 18.4 Å². The molecule has 2 N–H and O–H groups in total. The number of phenols is 1. The fraction of sp³-hybridized carbons (Fsp3) is 0.647. The molecule has 2 aliphatic rings. The van der Waals surface area contributed by atoms with E-state index >= 15 is 0 Å². The highest BCUT2D eigenvalue weighted by molar-refractivity contribution is 5.25. The van der Waals surface area contributed by atoms with Gasteiger partial charge in [-0.15, -0.1) is 0 Å². The molecule has 1 aromatic carbocycles. The Bertz CT molecular complexity index is 431. The summed E-state index contributed by atoms with van der Waals surface area (Å²) in [5.74, 6) is 1.23. The number of hydrogen-bond acceptors (Lipinski definition) is 3. The van der Waals surface area contributed by atoms with Crippen LogP contribution in [0.5, 0.6) is 5.75 Å². The molecule has 3 atom stereocenters. The Morgan fingerprint density at radius 3 is 2.90 bits per heavy atom. The van der Waals surface area contributed by atoms with Gasteiger partial charge in [0.05, 0.1) is 0 Å². The van der Waals surface area contributed by atoms with Crippen molar-refractivity contribution in [2.24, 2.45) is 5.92 Å². The maximum Gasteiger partial charge on any atom is 0.115 e. The van der Waals surface area contributed by atoms with E-state index in [1.165, 1.54) is 44.5 Å². The van der Waals surface area contributed by atoms with Gasteiger partial charge in [-0.3, -0.25) is 4.90 Å². The average Bonchev–Trinajstić information content (AvgIpc) is 2.94. The number of fused-ring (bicyclic) bond motifs is 1. The molecule has 2 fully saturated rings. The number of benzene rings is 1. The molecule has 20 heavy (non-hydrogen) atoms. The van der Waals surface area contributed by atoms with Gasteiger partial charge in [-0.05, 0) is 69.3 Å². The quantitative estimate of drug-likeness (QED) is 0.885. The van der Waals surface area contributed by atoms with Crippen LogP contribution in [-0.4, -0.2) is 41.7 Å². The van der Waals surface area contributed by atoms with Gasteiger partial charge in [0.15, 0.2) is 0 Å². The summed E-state index contributed by atoms with van der Waals surface area (Å²) in [5.41, 5.74) is 1.33. The van der Waals surface area contributed by atoms with Gasteiger partial charge >= 0.3 is 0 Å². The first-order chi connectivity index (χ1) is 9.74. The first-order valence-corrected chi connectivity index (χ1v) is 7.98. The van der Waals surface area contributed by atoms with E-state index in [1.54, 1.807) is 12.1 Å². The summed E-state index contributed by atoms with van der Waals surface area (Å²) in [6.45, 7) is 6.03. The summed E-state index contributed by atoms with van der Waals surface area (Å²) in [6.07, 6.45) is 5.06. The van der Waals surface area contributed by atoms with E-state index in [1.807, 2.05) is 12.1 Å². The van der Waals surface area contributed by atoms with Crippen LogP contribution in [-0.2, 0) is 6.42 Å². The molecule has 0 saturated carbocycles. The Kier molecular flexibility index (Phi) is 4.27. The third-order valence-corrected chi connectivity index (χ3v) is 5.07. The van der Waals surface area contributed by atoms with Crippen LogP contribution in [0.1, 0.15) is 31.7 Å². The monoisotopic (exact) mass is 274 g/mol. The molecule has 2 saturated heterocycles. The second-order valence-electron chi connectivity index (χ2n) is 6.42. The van der Waals surface area contributed by atoms with Gasteiger partial charge in [-0.25, -0.2) is 0 Å². The van der Waals surface area contributed by atoms with E-state index in [2.05, 4.69) is 17.1 Å². The minimum absolute atomic E-state index is 0.359. The van der Waals surface area contributed by atoms with Crippen LogP contribution in [0.3, 0.4) is 0 Å². The van der Waals surface area contributed by atoms with E-state index < -0.39 is 0 Å². The molecular weight excluding hydrogens is 248 g/mol. The van der Waals surface area contributed by atoms with Gasteiger partial charge in [-0.2, -0.15) is 0 Å². The molecule has 3 unspecified atom stereocenters. The van der Waals surface area contributed by atoms with Crippen molar-refractivity contribution in [1.82, 2.24) is 10.2 Å². The first kappa shape index (κ1) is 13.9. The topological polar surface area (TPSA) is 35.5 Å². The van der Waals surface area contributed by atoms with E-state index in [-0.39, 0.29) is 0 Å². The third-order valence-electron chi connectivity index (χ3n) is 5.07. The molecule has 2 heterocycles. The molecule has 2 aliphatic heterocycles. The van der Waals surface area contributed by atoms with Gasteiger partial charge in [-0.1, -0.05) is 12.1 Å². The third kappa shape index (κ3) is 2.99. The summed E-state index contributed by atoms with van der Waals surface area (Å²) in [4.78, 5) is 2.73. The SMILES string of the molecule is CC(CCc1ccc(O)cc1)N1CCCC2CNCC21. The lowest BCUT2D eigenvalue weighted by atomic mass is 9.90. The predicted molar refractivity (Wildman–Crippen MR) is 82.0 cm³/mol. The normalized spacial score (nSPS) is 28.2. The lowest BCUT2D eigenvalue weighted by Crippen LogP contribution is -2.49. The number of aromatic hydroxyl groups is 1. The minimum atomic E-state index is 0.359. The van der Waals surface area contributed by atoms with Gasteiger partial charge in [0.25, 0.3) is 0 Å². The molecular formula is C17H26N2O. The molecule has 3 heteroatoms. The number of nitrogens with one attached hydrogen (secondary N) is 1. The van der Waals surface area contributed by atoms with E-state index in [9.17, 15) is 5.11 Å². The highest BCUT2D eigenvalue weighted by Gasteiger charge is 2.36. The minimum Gasteiger partial charge on any atom is -0.508 e. The number of piperidine rings is 1. The van der Waals surface area contributed by atoms with Crippen LogP contribution in [0.2, 0.25) is 0 Å². The first-order valence-electron chi connectivity index (χ1n) is 7.98. The predicted octanol–water partition coefficient (Wildman–Crippen LogP) is 2.40. The fourth-order valence-corrected chi connectivity index (χ4v) is 3.85. The highest BCUT2D eigenvalue weighted by atomic mass is 16.3. The molecule has 110 valence electrons. The zero-order valence-corrected chi connectivity index (χ0v) is 12.4. The molecule has 0 aromatic heterocycles. The molecule has 0 spiro atoms. The zero-order chi connectivity index (χ0) is 13.9. The second kappa shape index (κ2) is 6.15. The largest absolute Gasteiger partial charge is 0.508 e. The lowest BCUT2D eigenvalue weighted by molar-refractivity contribution is 0.0810. The molecule has 0 aliphatic carbocycles. The highest BCUT2D eigenvalue weighted by Crippen LogP contribution is 2.29. The Morgan fingerprint density at radius 1 is 1.30 bits per heavy atom. The summed E-state index contributed by atoms with van der Waals surface area (Å²) in [7, 11) is 0. The van der Waals surface area contributed by atoms with Crippen LogP contribution in [0, 0.1) is 5.92 Å². The fourth-order valence-electron chi connectivity index (χ4n) is 3.85. The van der Waals surface area contributed by atoms with Crippen LogP contribution in [0.4, 0.5) is 0 Å². The second-order valence-corrected chi connectivity index (χ2v) is 6.42. The van der Waals surface area contributed by atoms with Crippen molar-refractivity contribution >= 4 is 0 Å². The number of hydrogen-bond donors (Lipinski definition) is 2. The van der Waals surface area contributed by atoms with Crippen molar-refractivity contribution in [2.75, 3.05) is 19.6 Å². The Balaban J connectivity index is 1.55. The lowest BCUT2D eigenvalue weighted by Gasteiger charge is -2.41. The summed E-state index contributed by atoms with van der Waals surface area (Å²) in [6, 6.07) is 9.07. The summed E-state index contributed by atoms with van der Waals surface area (Å²) in [5, 5.41) is 12.9. The number of rotatable bonds is 4. The van der Waals surface area contributed by atoms with Gasteiger partial charge in [0.1, 0.15) is 5.75 Å². The van der Waals surface area contributed by atoms with Crippen molar-refractivity contribution in [3.8, 4) is 5.75 Å². The Hall–Kier alpha value is -1.06. The average molecular weight is 274 g/mol. The molecule has 0 amide bonds. The molecule has 0 bridgehead atoms. The van der Waals surface area contributed by atoms with Gasteiger partial charge < -0.3 is 10.4 Å². The summed E-state index contributed by atoms with van der Waals surface area (Å²) < 4.78 is 0. The van der Waals surface area contributed by atoms with Gasteiger partial charge in [0, 0.05) is 18.6 Å². The number of aryl methyl sites for hydroxylation is 1. The van der Waals surface area contributed by atoms with Crippen LogP contribution in [0.15, 0.2) is 24.3 Å². The van der Waals surface area contributed by atoms with Crippen molar-refractivity contribution in [2.45, 2.75) is 44.7 Å². The van der Waals surface area contributed by atoms with Crippen molar-refractivity contribution in [3.63, 3.8) is 0 Å². The molecule has 1 aromatic rings. The Labute approximate surface area is 122 Å². The smallest absolute Gasteiger partial charge is 0.115 e. The van der Waals surface area contributed by atoms with Crippen LogP contribution >= 0.6 is 0 Å². The van der Waals surface area contributed by atoms with E-state index in [4.69, 9.17) is 0 Å². The maximum atomic E-state index is 9.33. The van der Waals surface area contributed by atoms with Gasteiger partial charge in [0.2, 0.25) is 0 Å². The van der Waals surface area contributed by atoms with Crippen molar-refractivity contribution in [1.29, 1.82) is 0 Å². The summed E-state index contributed by atoms with van der Waals surface area (Å²) >= 11 is 0. The van der Waals surface area contributed by atoms with Crippen LogP contribution < -0.4 is 5.32 Å². The van der Waals surface area contributed by atoms with Crippen LogP contribution in [0.25, 0.3) is 0 Å². The number of phenolic OH excluding ortho intramolecular Hbond substituents is 1. The van der Waals surface area contributed by atoms with E-state index in [0.29, 0.717) is 11.8 Å². The zero-order valence-electron chi connectivity index (χ0n) is 12.4. The number of nitrogens with zero attached hydrogens (tertiary/aromatic N) is 1. The standard InChI is InChI=1S/C17H26N2O/c1-13(4-5-14-6-8-16(20)9-7-14)19-10-2-3-15-11-18-12-17(15)19/h6-9,13,15,17-18,20H,2-5,10-12H2,1H3.